The molecule has 0 bridgehead atoms. The second-order valence-corrected chi connectivity index (χ2v) is 7.11. The molecule has 1 saturated heterocycles. The predicted molar refractivity (Wildman–Crippen MR) is 86.7 cm³/mol. The van der Waals surface area contributed by atoms with Gasteiger partial charge in [0.1, 0.15) is 18.0 Å². The highest BCUT2D eigenvalue weighted by atomic mass is 19.1. The minimum atomic E-state index is -0.312. The van der Waals surface area contributed by atoms with E-state index >= 15 is 0 Å². The first kappa shape index (κ1) is 15.3. The molecule has 2 aliphatic rings. The Labute approximate surface area is 140 Å². The van der Waals surface area contributed by atoms with Crippen LogP contribution in [0, 0.1) is 11.2 Å². The number of hydrogen-bond donors (Lipinski definition) is 0. The molecule has 6 heteroatoms. The van der Waals surface area contributed by atoms with Gasteiger partial charge in [-0.3, -0.25) is 4.79 Å². The number of carbonyl (C=O) groups excluding carboxylic acids is 1. The minimum Gasteiger partial charge on any atom is -0.341 e. The second-order valence-electron chi connectivity index (χ2n) is 7.11. The number of carbonyl (C=O) groups is 1. The highest BCUT2D eigenvalue weighted by Crippen LogP contribution is 2.55. The molecule has 2 aromatic rings. The van der Waals surface area contributed by atoms with E-state index in [0.29, 0.717) is 12.1 Å². The van der Waals surface area contributed by atoms with Crippen LogP contribution in [0.5, 0.6) is 0 Å². The second kappa shape index (κ2) is 5.69. The molecule has 2 heterocycles. The van der Waals surface area contributed by atoms with E-state index < -0.39 is 0 Å². The molecule has 1 aromatic carbocycles. The van der Waals surface area contributed by atoms with Gasteiger partial charge in [0.2, 0.25) is 5.91 Å². The van der Waals surface area contributed by atoms with Gasteiger partial charge in [0.15, 0.2) is 0 Å². The minimum absolute atomic E-state index is 0.00366. The average Bonchev–Trinajstić information content (AvgIpc) is 3.12. The molecular formula is C18H21FN4O. The Bertz CT molecular complexity index is 768. The van der Waals surface area contributed by atoms with Crippen molar-refractivity contribution in [3.8, 4) is 0 Å². The van der Waals surface area contributed by atoms with Crippen molar-refractivity contribution in [1.29, 1.82) is 0 Å². The number of halogens is 1. The third-order valence-electron chi connectivity index (χ3n) is 5.71. The van der Waals surface area contributed by atoms with Crippen LogP contribution in [-0.4, -0.2) is 38.7 Å². The van der Waals surface area contributed by atoms with Crippen LogP contribution in [0.4, 0.5) is 4.39 Å². The van der Waals surface area contributed by atoms with Crippen molar-refractivity contribution in [1.82, 2.24) is 19.7 Å². The number of aromatic nitrogens is 3. The smallest absolute Gasteiger partial charge is 0.227 e. The summed E-state index contributed by atoms with van der Waals surface area (Å²) in [5.41, 5.74) is 0.596. The lowest BCUT2D eigenvalue weighted by Crippen LogP contribution is -2.38. The Morgan fingerprint density at radius 1 is 1.38 bits per heavy atom. The summed E-state index contributed by atoms with van der Waals surface area (Å²) < 4.78 is 15.8. The SMILES string of the molecule is Cn1cnnc1C1CN(C(=O)Cc2ccccc2F)CC12CCC2. The Morgan fingerprint density at radius 2 is 2.17 bits per heavy atom. The van der Waals surface area contributed by atoms with Crippen LogP contribution in [0.2, 0.25) is 0 Å². The van der Waals surface area contributed by atoms with E-state index in [4.69, 9.17) is 0 Å². The summed E-state index contributed by atoms with van der Waals surface area (Å²) in [6.45, 7) is 1.40. The molecular weight excluding hydrogens is 307 g/mol. The molecule has 1 aliphatic carbocycles. The lowest BCUT2D eigenvalue weighted by Gasteiger charge is -2.42. The summed E-state index contributed by atoms with van der Waals surface area (Å²) in [6.07, 6.45) is 5.27. The number of hydrogen-bond acceptors (Lipinski definition) is 3. The van der Waals surface area contributed by atoms with Gasteiger partial charge in [0.25, 0.3) is 0 Å². The van der Waals surface area contributed by atoms with Gasteiger partial charge < -0.3 is 9.47 Å². The molecule has 1 saturated carbocycles. The summed E-state index contributed by atoms with van der Waals surface area (Å²) >= 11 is 0. The summed E-state index contributed by atoms with van der Waals surface area (Å²) in [7, 11) is 1.95. The van der Waals surface area contributed by atoms with Crippen LogP contribution in [-0.2, 0) is 18.3 Å². The third-order valence-corrected chi connectivity index (χ3v) is 5.71. The topological polar surface area (TPSA) is 51.0 Å². The first-order chi connectivity index (χ1) is 11.6. The van der Waals surface area contributed by atoms with E-state index in [1.807, 2.05) is 16.5 Å². The van der Waals surface area contributed by atoms with Crippen molar-refractivity contribution >= 4 is 5.91 Å². The van der Waals surface area contributed by atoms with Crippen molar-refractivity contribution in [2.24, 2.45) is 12.5 Å². The van der Waals surface area contributed by atoms with Crippen LogP contribution in [0.1, 0.15) is 36.6 Å². The molecule has 0 N–H and O–H groups in total. The lowest BCUT2D eigenvalue weighted by molar-refractivity contribution is -0.130. The zero-order valence-corrected chi connectivity index (χ0v) is 13.8. The Hall–Kier alpha value is -2.24. The van der Waals surface area contributed by atoms with Gasteiger partial charge in [0.05, 0.1) is 6.42 Å². The summed E-state index contributed by atoms with van der Waals surface area (Å²) in [4.78, 5) is 14.6. The number of aryl methyl sites for hydroxylation is 1. The number of rotatable bonds is 3. The maximum Gasteiger partial charge on any atom is 0.227 e. The van der Waals surface area contributed by atoms with Crippen molar-refractivity contribution in [2.75, 3.05) is 13.1 Å². The first-order valence-electron chi connectivity index (χ1n) is 8.44. The quantitative estimate of drug-likeness (QED) is 0.869. The van der Waals surface area contributed by atoms with Gasteiger partial charge in [-0.25, -0.2) is 4.39 Å². The van der Waals surface area contributed by atoms with Crippen LogP contribution in [0.25, 0.3) is 0 Å². The van der Waals surface area contributed by atoms with E-state index in [2.05, 4.69) is 10.2 Å². The summed E-state index contributed by atoms with van der Waals surface area (Å²) in [6, 6.07) is 6.50. The Morgan fingerprint density at radius 3 is 2.79 bits per heavy atom. The molecule has 5 nitrogen and oxygen atoms in total. The third kappa shape index (κ3) is 2.41. The number of likely N-dealkylation sites (tertiary alicyclic amines) is 1. The molecule has 4 rings (SSSR count). The van der Waals surface area contributed by atoms with E-state index in [9.17, 15) is 9.18 Å². The molecule has 1 aromatic heterocycles. The zero-order valence-electron chi connectivity index (χ0n) is 13.8. The normalized spacial score (nSPS) is 21.9. The average molecular weight is 328 g/mol. The largest absolute Gasteiger partial charge is 0.341 e. The van der Waals surface area contributed by atoms with Crippen LogP contribution in [0.15, 0.2) is 30.6 Å². The molecule has 1 spiro atoms. The molecule has 24 heavy (non-hydrogen) atoms. The van der Waals surface area contributed by atoms with E-state index in [0.717, 1.165) is 25.2 Å². The van der Waals surface area contributed by atoms with Crippen molar-refractivity contribution in [3.63, 3.8) is 0 Å². The van der Waals surface area contributed by atoms with Crippen LogP contribution < -0.4 is 0 Å². The molecule has 1 aliphatic heterocycles. The molecule has 2 fully saturated rings. The van der Waals surface area contributed by atoms with Gasteiger partial charge in [0, 0.05) is 26.1 Å². The van der Waals surface area contributed by atoms with Gasteiger partial charge in [-0.1, -0.05) is 24.6 Å². The van der Waals surface area contributed by atoms with Crippen LogP contribution >= 0.6 is 0 Å². The number of nitrogens with zero attached hydrogens (tertiary/aromatic N) is 4. The van der Waals surface area contributed by atoms with Gasteiger partial charge in [-0.05, 0) is 29.9 Å². The van der Waals surface area contributed by atoms with E-state index in [-0.39, 0.29) is 29.5 Å². The lowest BCUT2D eigenvalue weighted by atomic mass is 9.62. The fourth-order valence-electron chi connectivity index (χ4n) is 4.18. The van der Waals surface area contributed by atoms with Gasteiger partial charge in [-0.2, -0.15) is 0 Å². The summed E-state index contributed by atoms with van der Waals surface area (Å²) in [5.74, 6) is 0.864. The standard InChI is InChI=1S/C18H21FN4O/c1-22-12-20-21-17(22)14-10-23(11-18(14)7-4-8-18)16(24)9-13-5-2-3-6-15(13)19/h2-3,5-6,12,14H,4,7-11H2,1H3. The molecule has 126 valence electrons. The van der Waals surface area contributed by atoms with Crippen molar-refractivity contribution in [2.45, 2.75) is 31.6 Å². The number of amides is 1. The fraction of sp³-hybridized carbons (Fsp3) is 0.500. The predicted octanol–water partition coefficient (Wildman–Crippen LogP) is 2.29. The zero-order chi connectivity index (χ0) is 16.7. The summed E-state index contributed by atoms with van der Waals surface area (Å²) in [5, 5.41) is 8.28. The molecule has 1 amide bonds. The maximum absolute atomic E-state index is 13.8. The fourth-order valence-corrected chi connectivity index (χ4v) is 4.18. The van der Waals surface area contributed by atoms with Crippen molar-refractivity contribution < 1.29 is 9.18 Å². The number of benzene rings is 1. The van der Waals surface area contributed by atoms with E-state index in [1.54, 1.807) is 24.5 Å². The molecule has 1 atom stereocenters. The monoisotopic (exact) mass is 328 g/mol. The highest BCUT2D eigenvalue weighted by Gasteiger charge is 2.53. The molecule has 0 radical (unpaired) electrons. The van der Waals surface area contributed by atoms with E-state index in [1.165, 1.54) is 12.5 Å². The van der Waals surface area contributed by atoms with Crippen molar-refractivity contribution in [3.05, 3.63) is 47.8 Å². The van der Waals surface area contributed by atoms with Crippen LogP contribution in [0.3, 0.4) is 0 Å². The maximum atomic E-state index is 13.8. The first-order valence-corrected chi connectivity index (χ1v) is 8.44. The Balaban J connectivity index is 1.54. The highest BCUT2D eigenvalue weighted by molar-refractivity contribution is 5.79. The van der Waals surface area contributed by atoms with Gasteiger partial charge >= 0.3 is 0 Å². The molecule has 1 unspecified atom stereocenters. The Kier molecular flexibility index (Phi) is 3.62. The van der Waals surface area contributed by atoms with Gasteiger partial charge in [-0.15, -0.1) is 10.2 Å².